The largest absolute Gasteiger partial charge is 0.330 e. The maximum absolute atomic E-state index is 13.7. The van der Waals surface area contributed by atoms with Crippen molar-refractivity contribution >= 4 is 17.5 Å². The van der Waals surface area contributed by atoms with Crippen LogP contribution in [0, 0.1) is 17.1 Å². The van der Waals surface area contributed by atoms with E-state index in [4.69, 9.17) is 5.26 Å². The van der Waals surface area contributed by atoms with Gasteiger partial charge in [0.1, 0.15) is 23.0 Å². The van der Waals surface area contributed by atoms with Gasteiger partial charge in [-0.1, -0.05) is 30.3 Å². The lowest BCUT2D eigenvalue weighted by Gasteiger charge is -2.34. The number of likely N-dealkylation sites (tertiary alicyclic amines) is 1. The van der Waals surface area contributed by atoms with Crippen molar-refractivity contribution in [1.82, 2.24) is 9.88 Å². The molecule has 1 N–H and O–H groups in total. The van der Waals surface area contributed by atoms with Crippen LogP contribution in [0.1, 0.15) is 39.6 Å². The van der Waals surface area contributed by atoms with E-state index in [2.05, 4.69) is 10.3 Å². The molecule has 152 valence electrons. The van der Waals surface area contributed by atoms with Gasteiger partial charge in [-0.3, -0.25) is 9.59 Å². The summed E-state index contributed by atoms with van der Waals surface area (Å²) in [6, 6.07) is 17.8. The molecule has 1 fully saturated rings. The van der Waals surface area contributed by atoms with E-state index in [1.807, 2.05) is 30.3 Å². The Morgan fingerprint density at radius 1 is 1.16 bits per heavy atom. The van der Waals surface area contributed by atoms with Crippen molar-refractivity contribution in [1.29, 1.82) is 5.26 Å². The van der Waals surface area contributed by atoms with Gasteiger partial charge in [-0.2, -0.15) is 5.26 Å². The Morgan fingerprint density at radius 3 is 2.65 bits per heavy atom. The number of nitrogens with zero attached hydrogens (tertiary/aromatic N) is 3. The molecule has 2 aromatic carbocycles. The molecular weight excluding hydrogens is 395 g/mol. The predicted octanol–water partition coefficient (Wildman–Crippen LogP) is 3.57. The number of rotatable bonds is 2. The summed E-state index contributed by atoms with van der Waals surface area (Å²) in [6.45, 7) is 0.350. The van der Waals surface area contributed by atoms with Gasteiger partial charge in [0.2, 0.25) is 5.91 Å². The average Bonchev–Trinajstić information content (AvgIpc) is 3.33. The number of carbonyl (C=O) groups excluding carboxylic acids is 2. The fraction of sp³-hybridized carbons (Fsp3) is 0.167. The number of nitrogens with one attached hydrogen (secondary N) is 1. The zero-order valence-electron chi connectivity index (χ0n) is 16.4. The van der Waals surface area contributed by atoms with Crippen LogP contribution in [-0.4, -0.2) is 28.2 Å². The van der Waals surface area contributed by atoms with Crippen LogP contribution in [0.3, 0.4) is 0 Å². The van der Waals surface area contributed by atoms with E-state index >= 15 is 0 Å². The molecule has 2 amide bonds. The van der Waals surface area contributed by atoms with Crippen LogP contribution < -0.4 is 5.32 Å². The highest BCUT2D eigenvalue weighted by atomic mass is 19.1. The molecule has 3 heterocycles. The topological polar surface area (TPSA) is 86.1 Å². The number of carbonyl (C=O) groups is 2. The van der Waals surface area contributed by atoms with E-state index in [1.165, 1.54) is 24.4 Å². The minimum Gasteiger partial charge on any atom is -0.330 e. The summed E-state index contributed by atoms with van der Waals surface area (Å²) in [7, 11) is 0. The second-order valence-corrected chi connectivity index (χ2v) is 7.72. The van der Waals surface area contributed by atoms with Gasteiger partial charge >= 0.3 is 0 Å². The molecule has 2 aliphatic rings. The Morgan fingerprint density at radius 2 is 1.94 bits per heavy atom. The van der Waals surface area contributed by atoms with Crippen LogP contribution in [0.4, 0.5) is 10.1 Å². The van der Waals surface area contributed by atoms with Crippen LogP contribution in [0.25, 0.3) is 0 Å². The van der Waals surface area contributed by atoms with Crippen molar-refractivity contribution in [3.63, 3.8) is 0 Å². The van der Waals surface area contributed by atoms with Crippen LogP contribution in [0.15, 0.2) is 66.9 Å². The number of amides is 2. The van der Waals surface area contributed by atoms with Gasteiger partial charge in [0.15, 0.2) is 0 Å². The number of fused-ring (bicyclic) bond motifs is 2. The third-order valence-electron chi connectivity index (χ3n) is 6.16. The molecule has 5 rings (SSSR count). The smallest absolute Gasteiger partial charge is 0.255 e. The molecular formula is C24H17FN4O2. The molecule has 31 heavy (non-hydrogen) atoms. The maximum atomic E-state index is 13.7. The highest BCUT2D eigenvalue weighted by molar-refractivity contribution is 6.08. The van der Waals surface area contributed by atoms with E-state index in [9.17, 15) is 14.0 Å². The van der Waals surface area contributed by atoms with Gasteiger partial charge in [0.05, 0.1) is 11.6 Å². The van der Waals surface area contributed by atoms with E-state index in [1.54, 1.807) is 23.1 Å². The number of hydrogen-bond donors (Lipinski definition) is 1. The number of pyridine rings is 1. The number of halogens is 1. The van der Waals surface area contributed by atoms with Gasteiger partial charge in [-0.15, -0.1) is 0 Å². The highest BCUT2D eigenvalue weighted by Gasteiger charge is 2.59. The lowest BCUT2D eigenvalue weighted by molar-refractivity contribution is -0.121. The monoisotopic (exact) mass is 412 g/mol. The van der Waals surface area contributed by atoms with Gasteiger partial charge in [-0.05, 0) is 47.9 Å². The quantitative estimate of drug-likeness (QED) is 0.697. The number of benzene rings is 2. The first-order valence-electron chi connectivity index (χ1n) is 9.88. The lowest BCUT2D eigenvalue weighted by atomic mass is 9.72. The van der Waals surface area contributed by atoms with Gasteiger partial charge in [0.25, 0.3) is 5.91 Å². The molecule has 0 radical (unpaired) electrons. The normalized spacial score (nSPS) is 21.6. The Kier molecular flexibility index (Phi) is 4.29. The molecule has 2 aliphatic heterocycles. The first kappa shape index (κ1) is 18.9. The van der Waals surface area contributed by atoms with E-state index < -0.39 is 11.5 Å². The van der Waals surface area contributed by atoms with E-state index in [0.29, 0.717) is 24.1 Å². The minimum atomic E-state index is -0.968. The van der Waals surface area contributed by atoms with Gasteiger partial charge in [-0.25, -0.2) is 9.37 Å². The van der Waals surface area contributed by atoms with Gasteiger partial charge in [0, 0.05) is 18.4 Å². The van der Waals surface area contributed by atoms with Gasteiger partial charge < -0.3 is 10.2 Å². The fourth-order valence-corrected chi connectivity index (χ4v) is 4.77. The van der Waals surface area contributed by atoms with E-state index in [0.717, 1.165) is 11.3 Å². The molecule has 1 aromatic heterocycles. The molecule has 0 bridgehead atoms. The third kappa shape index (κ3) is 2.80. The number of nitriles is 1. The molecule has 1 saturated heterocycles. The predicted molar refractivity (Wildman–Crippen MR) is 110 cm³/mol. The standard InChI is InChI=1S/C24H17FN4O2/c25-17-8-5-15(6-9-17)21-24(19-3-1-2-4-20(19)28-23(24)31)11-12-29(21)22(30)16-7-10-18(13-26)27-14-16/h1-10,14,21H,11-12H2,(H,28,31)/t21-,24+/m0/s1. The Hall–Kier alpha value is -4.05. The number of aromatic nitrogens is 1. The molecule has 0 aliphatic carbocycles. The van der Waals surface area contributed by atoms with E-state index in [-0.39, 0.29) is 23.3 Å². The summed E-state index contributed by atoms with van der Waals surface area (Å²) in [6.07, 6.45) is 1.81. The maximum Gasteiger partial charge on any atom is 0.255 e. The van der Waals surface area contributed by atoms with Crippen molar-refractivity contribution < 1.29 is 14.0 Å². The summed E-state index contributed by atoms with van der Waals surface area (Å²) in [4.78, 5) is 32.4. The van der Waals surface area contributed by atoms with Crippen LogP contribution in [-0.2, 0) is 10.2 Å². The number of anilines is 1. The minimum absolute atomic E-state index is 0.170. The Balaban J connectivity index is 1.64. The zero-order valence-corrected chi connectivity index (χ0v) is 16.4. The second kappa shape index (κ2) is 7.03. The molecule has 1 spiro atoms. The van der Waals surface area contributed by atoms with Crippen LogP contribution in [0.2, 0.25) is 0 Å². The molecule has 3 aromatic rings. The Labute approximate surface area is 177 Å². The van der Waals surface area contributed by atoms with Crippen molar-refractivity contribution in [2.45, 2.75) is 17.9 Å². The molecule has 0 unspecified atom stereocenters. The summed E-state index contributed by atoms with van der Waals surface area (Å²) >= 11 is 0. The van der Waals surface area contributed by atoms with Crippen LogP contribution in [0.5, 0.6) is 0 Å². The third-order valence-corrected chi connectivity index (χ3v) is 6.16. The first-order chi connectivity index (χ1) is 15.0. The summed E-state index contributed by atoms with van der Waals surface area (Å²) in [5, 5.41) is 11.9. The van der Waals surface area contributed by atoms with Crippen molar-refractivity contribution in [2.24, 2.45) is 0 Å². The summed E-state index contributed by atoms with van der Waals surface area (Å²) in [5.41, 5.74) is 1.82. The zero-order chi connectivity index (χ0) is 21.6. The number of hydrogen-bond acceptors (Lipinski definition) is 4. The molecule has 7 heteroatoms. The van der Waals surface area contributed by atoms with Crippen LogP contribution >= 0.6 is 0 Å². The fourth-order valence-electron chi connectivity index (χ4n) is 4.77. The molecule has 6 nitrogen and oxygen atoms in total. The first-order valence-corrected chi connectivity index (χ1v) is 9.88. The summed E-state index contributed by atoms with van der Waals surface area (Å²) in [5.74, 6) is -0.849. The summed E-state index contributed by atoms with van der Waals surface area (Å²) < 4.78 is 13.7. The van der Waals surface area contributed by atoms with Crippen molar-refractivity contribution in [3.8, 4) is 6.07 Å². The van der Waals surface area contributed by atoms with Crippen molar-refractivity contribution in [2.75, 3.05) is 11.9 Å². The SMILES string of the molecule is N#Cc1ccc(C(=O)N2CC[C@]3(C(=O)Nc4ccccc43)[C@@H]2c2ccc(F)cc2)cn1. The molecule has 0 saturated carbocycles. The Bertz CT molecular complexity index is 1230. The average molecular weight is 412 g/mol. The lowest BCUT2D eigenvalue weighted by Crippen LogP contribution is -2.42. The highest BCUT2D eigenvalue weighted by Crippen LogP contribution is 2.54. The second-order valence-electron chi connectivity index (χ2n) is 7.72. The van der Waals surface area contributed by atoms with Crippen molar-refractivity contribution in [3.05, 3.63) is 95.1 Å². The number of para-hydroxylation sites is 1. The molecule has 2 atom stereocenters.